The lowest BCUT2D eigenvalue weighted by atomic mass is 9.96. The molecule has 1 aromatic carbocycles. The van der Waals surface area contributed by atoms with Gasteiger partial charge in [0.05, 0.1) is 0 Å². The molecule has 1 saturated heterocycles. The number of ether oxygens (including phenoxy) is 1. The number of rotatable bonds is 6. The number of nitrogens with two attached hydrogens (primary N) is 2. The van der Waals surface area contributed by atoms with Gasteiger partial charge in [-0.05, 0) is 43.6 Å². The van der Waals surface area contributed by atoms with Gasteiger partial charge in [0, 0.05) is 19.0 Å². The van der Waals surface area contributed by atoms with Gasteiger partial charge in [-0.15, -0.1) is 0 Å². The van der Waals surface area contributed by atoms with Crippen molar-refractivity contribution in [2.75, 3.05) is 26.2 Å². The van der Waals surface area contributed by atoms with Crippen LogP contribution in [0.1, 0.15) is 18.4 Å². The molecule has 0 spiro atoms. The Balaban J connectivity index is 1.70. The van der Waals surface area contributed by atoms with E-state index in [0.29, 0.717) is 13.2 Å². The van der Waals surface area contributed by atoms with Gasteiger partial charge < -0.3 is 16.2 Å². The van der Waals surface area contributed by atoms with E-state index in [-0.39, 0.29) is 11.8 Å². The number of likely N-dealkylation sites (tertiary alicyclic amines) is 1. The van der Waals surface area contributed by atoms with Gasteiger partial charge in [-0.1, -0.05) is 12.1 Å². The number of hydrogen-bond acceptors (Lipinski definition) is 4. The second-order valence-corrected chi connectivity index (χ2v) is 5.22. The Hall–Kier alpha value is -1.59. The number of primary amides is 1. The highest BCUT2D eigenvalue weighted by Gasteiger charge is 2.22. The molecule has 1 aliphatic heterocycles. The van der Waals surface area contributed by atoms with Crippen molar-refractivity contribution in [2.24, 2.45) is 17.4 Å². The summed E-state index contributed by atoms with van der Waals surface area (Å²) in [5.74, 6) is 0.743. The highest BCUT2D eigenvalue weighted by Crippen LogP contribution is 2.17. The number of carbonyl (C=O) groups is 1. The topological polar surface area (TPSA) is 81.6 Å². The van der Waals surface area contributed by atoms with Crippen molar-refractivity contribution in [3.8, 4) is 5.75 Å². The minimum Gasteiger partial charge on any atom is -0.492 e. The Morgan fingerprint density at radius 3 is 2.75 bits per heavy atom. The molecular formula is C15H23N3O2. The van der Waals surface area contributed by atoms with Gasteiger partial charge in [0.25, 0.3) is 0 Å². The van der Waals surface area contributed by atoms with E-state index >= 15 is 0 Å². The van der Waals surface area contributed by atoms with Crippen LogP contribution in [0.25, 0.3) is 0 Å². The maximum atomic E-state index is 11.1. The summed E-state index contributed by atoms with van der Waals surface area (Å²) in [6.07, 6.45) is 1.72. The van der Waals surface area contributed by atoms with Crippen LogP contribution >= 0.6 is 0 Å². The second kappa shape index (κ2) is 7.26. The third kappa shape index (κ3) is 4.21. The van der Waals surface area contributed by atoms with Gasteiger partial charge >= 0.3 is 0 Å². The summed E-state index contributed by atoms with van der Waals surface area (Å²) in [6, 6.07) is 7.86. The molecule has 0 atom stereocenters. The third-order valence-electron chi connectivity index (χ3n) is 3.80. The summed E-state index contributed by atoms with van der Waals surface area (Å²) in [5.41, 5.74) is 12.0. The van der Waals surface area contributed by atoms with Gasteiger partial charge in [-0.25, -0.2) is 0 Å². The molecule has 5 nitrogen and oxygen atoms in total. The number of benzene rings is 1. The minimum absolute atomic E-state index is 0.0494. The average molecular weight is 277 g/mol. The predicted octanol–water partition coefficient (Wildman–Crippen LogP) is 0.721. The van der Waals surface area contributed by atoms with E-state index in [9.17, 15) is 4.79 Å². The zero-order valence-electron chi connectivity index (χ0n) is 11.8. The molecule has 1 aliphatic rings. The normalized spacial score (nSPS) is 17.1. The minimum atomic E-state index is -0.167. The van der Waals surface area contributed by atoms with Crippen LogP contribution in [0.5, 0.6) is 5.75 Å². The standard InChI is InChI=1S/C15H23N3O2/c16-11-12-2-1-3-14(10-12)20-9-8-18-6-4-13(5-7-18)15(17)19/h1-3,10,13H,4-9,11,16H2,(H2,17,19). The molecule has 1 heterocycles. The first-order valence-corrected chi connectivity index (χ1v) is 7.12. The van der Waals surface area contributed by atoms with Gasteiger partial charge in [0.2, 0.25) is 5.91 Å². The first-order valence-electron chi connectivity index (χ1n) is 7.12. The number of amides is 1. The molecule has 0 aliphatic carbocycles. The highest BCUT2D eigenvalue weighted by atomic mass is 16.5. The molecule has 1 amide bonds. The summed E-state index contributed by atoms with van der Waals surface area (Å²) in [5, 5.41) is 0. The fourth-order valence-corrected chi connectivity index (χ4v) is 2.50. The van der Waals surface area contributed by atoms with Gasteiger partial charge in [0.15, 0.2) is 0 Å². The molecule has 4 N–H and O–H groups in total. The molecule has 0 radical (unpaired) electrons. The zero-order valence-corrected chi connectivity index (χ0v) is 11.8. The molecule has 0 bridgehead atoms. The van der Waals surface area contributed by atoms with E-state index < -0.39 is 0 Å². The van der Waals surface area contributed by atoms with Crippen LogP contribution in [-0.2, 0) is 11.3 Å². The number of piperidine rings is 1. The van der Waals surface area contributed by atoms with Crippen molar-refractivity contribution in [3.63, 3.8) is 0 Å². The quantitative estimate of drug-likeness (QED) is 0.803. The second-order valence-electron chi connectivity index (χ2n) is 5.22. The summed E-state index contributed by atoms with van der Waals surface area (Å²) in [6.45, 7) is 3.88. The molecule has 1 fully saturated rings. The fourth-order valence-electron chi connectivity index (χ4n) is 2.50. The monoisotopic (exact) mass is 277 g/mol. The van der Waals surface area contributed by atoms with Crippen molar-refractivity contribution in [3.05, 3.63) is 29.8 Å². The predicted molar refractivity (Wildman–Crippen MR) is 78.2 cm³/mol. The summed E-state index contributed by atoms with van der Waals surface area (Å²) in [7, 11) is 0. The molecule has 110 valence electrons. The van der Waals surface area contributed by atoms with E-state index in [1.165, 1.54) is 0 Å². The molecule has 5 heteroatoms. The molecule has 20 heavy (non-hydrogen) atoms. The Morgan fingerprint density at radius 2 is 2.10 bits per heavy atom. The number of nitrogens with zero attached hydrogens (tertiary/aromatic N) is 1. The van der Waals surface area contributed by atoms with Gasteiger partial charge in [0.1, 0.15) is 12.4 Å². The molecular weight excluding hydrogens is 254 g/mol. The maximum Gasteiger partial charge on any atom is 0.220 e. The SMILES string of the molecule is NCc1cccc(OCCN2CCC(C(N)=O)CC2)c1. The Bertz CT molecular complexity index is 442. The third-order valence-corrected chi connectivity index (χ3v) is 3.80. The van der Waals surface area contributed by atoms with Crippen LogP contribution in [0.4, 0.5) is 0 Å². The van der Waals surface area contributed by atoms with Crippen molar-refractivity contribution >= 4 is 5.91 Å². The summed E-state index contributed by atoms with van der Waals surface area (Å²) >= 11 is 0. The summed E-state index contributed by atoms with van der Waals surface area (Å²) < 4.78 is 5.74. The highest BCUT2D eigenvalue weighted by molar-refractivity contribution is 5.76. The fraction of sp³-hybridized carbons (Fsp3) is 0.533. The lowest BCUT2D eigenvalue weighted by Gasteiger charge is -2.30. The van der Waals surface area contributed by atoms with Crippen molar-refractivity contribution in [1.29, 1.82) is 0 Å². The van der Waals surface area contributed by atoms with E-state index in [0.717, 1.165) is 43.8 Å². The van der Waals surface area contributed by atoms with Crippen LogP contribution < -0.4 is 16.2 Å². The van der Waals surface area contributed by atoms with E-state index in [4.69, 9.17) is 16.2 Å². The molecule has 1 aromatic rings. The smallest absolute Gasteiger partial charge is 0.220 e. The van der Waals surface area contributed by atoms with Crippen LogP contribution in [-0.4, -0.2) is 37.0 Å². The van der Waals surface area contributed by atoms with Crippen LogP contribution in [0.3, 0.4) is 0 Å². The number of hydrogen-bond donors (Lipinski definition) is 2. The van der Waals surface area contributed by atoms with E-state index in [2.05, 4.69) is 4.90 Å². The zero-order chi connectivity index (χ0) is 14.4. The van der Waals surface area contributed by atoms with Gasteiger partial charge in [-0.2, -0.15) is 0 Å². The Kier molecular flexibility index (Phi) is 5.38. The van der Waals surface area contributed by atoms with Crippen LogP contribution in [0, 0.1) is 5.92 Å². The summed E-state index contributed by atoms with van der Waals surface area (Å²) in [4.78, 5) is 13.4. The van der Waals surface area contributed by atoms with E-state index in [1.807, 2.05) is 24.3 Å². The largest absolute Gasteiger partial charge is 0.492 e. The van der Waals surface area contributed by atoms with Crippen molar-refractivity contribution in [1.82, 2.24) is 4.90 Å². The van der Waals surface area contributed by atoms with E-state index in [1.54, 1.807) is 0 Å². The average Bonchev–Trinajstić information content (AvgIpc) is 2.48. The van der Waals surface area contributed by atoms with Crippen molar-refractivity contribution < 1.29 is 9.53 Å². The Morgan fingerprint density at radius 1 is 1.35 bits per heavy atom. The number of carbonyl (C=O) groups excluding carboxylic acids is 1. The van der Waals surface area contributed by atoms with Crippen LogP contribution in [0.15, 0.2) is 24.3 Å². The Labute approximate surface area is 119 Å². The van der Waals surface area contributed by atoms with Crippen molar-refractivity contribution in [2.45, 2.75) is 19.4 Å². The van der Waals surface area contributed by atoms with Crippen LogP contribution in [0.2, 0.25) is 0 Å². The molecule has 0 aromatic heterocycles. The lowest BCUT2D eigenvalue weighted by Crippen LogP contribution is -2.40. The van der Waals surface area contributed by atoms with Gasteiger partial charge in [-0.3, -0.25) is 9.69 Å². The molecule has 0 unspecified atom stereocenters. The molecule has 2 rings (SSSR count). The lowest BCUT2D eigenvalue weighted by molar-refractivity contribution is -0.123. The first kappa shape index (κ1) is 14.8. The maximum absolute atomic E-state index is 11.1. The molecule has 0 saturated carbocycles. The first-order chi connectivity index (χ1) is 9.69.